The molecule has 2 aromatic heterocycles. The van der Waals surface area contributed by atoms with Gasteiger partial charge in [-0.3, -0.25) is 0 Å². The molecule has 44 heavy (non-hydrogen) atoms. The van der Waals surface area contributed by atoms with Gasteiger partial charge in [-0.05, 0) is 82.9 Å². The van der Waals surface area contributed by atoms with Gasteiger partial charge in [-0.25, -0.2) is 0 Å². The highest BCUT2D eigenvalue weighted by Gasteiger charge is 2.15. The van der Waals surface area contributed by atoms with E-state index in [1.54, 1.807) is 0 Å². The Morgan fingerprint density at radius 2 is 0.705 bits per heavy atom. The third-order valence-electron chi connectivity index (χ3n) is 8.90. The first-order valence-corrected chi connectivity index (χ1v) is 15.1. The molecule has 0 aliphatic rings. The fraction of sp³-hybridized carbons (Fsp3) is 0. The summed E-state index contributed by atoms with van der Waals surface area (Å²) in [5, 5.41) is 5.07. The average Bonchev–Trinajstić information content (AvgIpc) is 3.61. The normalized spacial score (nSPS) is 11.6. The smallest absolute Gasteiger partial charge is 0.0547 e. The van der Waals surface area contributed by atoms with Crippen molar-refractivity contribution in [3.63, 3.8) is 0 Å². The standard InChI is InChI=1S/C42H28N2/c1-3-14-33(15-4-1)43-40-21-10-8-19-36(40)38-27-31(23-25-41(38)43)29-12-11-13-30(26-29)32-22-24-37-35-18-7-9-20-39(35)44(42(37)28-32)34-16-5-2-6-17-34/h1-28H. The summed E-state index contributed by atoms with van der Waals surface area (Å²) in [4.78, 5) is 0. The molecule has 0 aliphatic heterocycles. The van der Waals surface area contributed by atoms with Gasteiger partial charge in [0.2, 0.25) is 0 Å². The minimum absolute atomic E-state index is 1.17. The van der Waals surface area contributed by atoms with Crippen molar-refractivity contribution >= 4 is 43.6 Å². The summed E-state index contributed by atoms with van der Waals surface area (Å²) in [7, 11) is 0. The molecule has 0 radical (unpaired) electrons. The van der Waals surface area contributed by atoms with Gasteiger partial charge in [0.25, 0.3) is 0 Å². The van der Waals surface area contributed by atoms with Crippen LogP contribution in [0.3, 0.4) is 0 Å². The molecule has 0 atom stereocenters. The lowest BCUT2D eigenvalue weighted by atomic mass is 9.97. The number of hydrogen-bond donors (Lipinski definition) is 0. The number of rotatable bonds is 4. The van der Waals surface area contributed by atoms with Gasteiger partial charge >= 0.3 is 0 Å². The van der Waals surface area contributed by atoms with Crippen molar-refractivity contribution in [3.8, 4) is 33.6 Å². The molecule has 2 heteroatoms. The summed E-state index contributed by atoms with van der Waals surface area (Å²) in [6, 6.07) is 61.4. The first kappa shape index (κ1) is 24.7. The first-order chi connectivity index (χ1) is 21.8. The summed E-state index contributed by atoms with van der Waals surface area (Å²) >= 11 is 0. The van der Waals surface area contributed by atoms with Crippen LogP contribution in [0.1, 0.15) is 0 Å². The van der Waals surface area contributed by atoms with Crippen LogP contribution >= 0.6 is 0 Å². The van der Waals surface area contributed by atoms with Crippen molar-refractivity contribution in [1.82, 2.24) is 9.13 Å². The van der Waals surface area contributed by atoms with Crippen LogP contribution in [0.15, 0.2) is 170 Å². The van der Waals surface area contributed by atoms with E-state index in [-0.39, 0.29) is 0 Å². The molecule has 0 N–H and O–H groups in total. The molecule has 0 bridgehead atoms. The van der Waals surface area contributed by atoms with Crippen LogP contribution in [-0.2, 0) is 0 Å². The molecule has 206 valence electrons. The van der Waals surface area contributed by atoms with E-state index in [0.717, 1.165) is 0 Å². The van der Waals surface area contributed by atoms with Gasteiger partial charge in [0, 0.05) is 32.9 Å². The van der Waals surface area contributed by atoms with Crippen molar-refractivity contribution < 1.29 is 0 Å². The molecule has 0 spiro atoms. The minimum Gasteiger partial charge on any atom is -0.309 e. The Bertz CT molecular complexity index is 2480. The molecule has 9 aromatic rings. The molecular formula is C42H28N2. The quantitative estimate of drug-likeness (QED) is 0.203. The van der Waals surface area contributed by atoms with E-state index >= 15 is 0 Å². The Kier molecular flexibility index (Phi) is 5.54. The third kappa shape index (κ3) is 3.82. The van der Waals surface area contributed by atoms with Gasteiger partial charge in [0.05, 0.1) is 22.1 Å². The van der Waals surface area contributed by atoms with Crippen LogP contribution in [-0.4, -0.2) is 9.13 Å². The van der Waals surface area contributed by atoms with Crippen molar-refractivity contribution in [2.75, 3.05) is 0 Å². The van der Waals surface area contributed by atoms with E-state index in [9.17, 15) is 0 Å². The van der Waals surface area contributed by atoms with Gasteiger partial charge in [-0.15, -0.1) is 0 Å². The van der Waals surface area contributed by atoms with Gasteiger partial charge in [0.1, 0.15) is 0 Å². The van der Waals surface area contributed by atoms with Crippen LogP contribution in [0, 0.1) is 0 Å². The van der Waals surface area contributed by atoms with Gasteiger partial charge in [-0.1, -0.05) is 109 Å². The lowest BCUT2D eigenvalue weighted by molar-refractivity contribution is 1.18. The van der Waals surface area contributed by atoms with Crippen LogP contribution in [0.5, 0.6) is 0 Å². The first-order valence-electron chi connectivity index (χ1n) is 15.1. The molecule has 9 rings (SSSR count). The average molecular weight is 561 g/mol. The van der Waals surface area contributed by atoms with E-state index in [2.05, 4.69) is 179 Å². The number of fused-ring (bicyclic) bond motifs is 6. The zero-order valence-corrected chi connectivity index (χ0v) is 24.1. The second kappa shape index (κ2) is 9.86. The van der Waals surface area contributed by atoms with Crippen molar-refractivity contribution in [3.05, 3.63) is 170 Å². The zero-order valence-electron chi connectivity index (χ0n) is 24.1. The number of aromatic nitrogens is 2. The molecular weight excluding hydrogens is 532 g/mol. The second-order valence-corrected chi connectivity index (χ2v) is 11.4. The predicted molar refractivity (Wildman–Crippen MR) is 186 cm³/mol. The van der Waals surface area contributed by atoms with Gasteiger partial charge in [-0.2, -0.15) is 0 Å². The Hall–Kier alpha value is -5.86. The highest BCUT2D eigenvalue weighted by Crippen LogP contribution is 2.38. The van der Waals surface area contributed by atoms with Gasteiger partial charge in [0.15, 0.2) is 0 Å². The van der Waals surface area contributed by atoms with Crippen LogP contribution in [0.25, 0.3) is 77.2 Å². The topological polar surface area (TPSA) is 9.86 Å². The molecule has 0 unspecified atom stereocenters. The lowest BCUT2D eigenvalue weighted by Gasteiger charge is -2.10. The van der Waals surface area contributed by atoms with E-state index < -0.39 is 0 Å². The highest BCUT2D eigenvalue weighted by molar-refractivity contribution is 6.11. The molecule has 2 heterocycles. The maximum absolute atomic E-state index is 2.38. The Morgan fingerprint density at radius 3 is 1.36 bits per heavy atom. The van der Waals surface area contributed by atoms with E-state index in [4.69, 9.17) is 0 Å². The van der Waals surface area contributed by atoms with Crippen molar-refractivity contribution in [1.29, 1.82) is 0 Å². The molecule has 7 aromatic carbocycles. The van der Waals surface area contributed by atoms with E-state index in [1.165, 1.54) is 77.2 Å². The minimum atomic E-state index is 1.17. The summed E-state index contributed by atoms with van der Waals surface area (Å²) < 4.78 is 4.75. The van der Waals surface area contributed by atoms with Crippen molar-refractivity contribution in [2.24, 2.45) is 0 Å². The summed E-state index contributed by atoms with van der Waals surface area (Å²) in [6.45, 7) is 0. The third-order valence-corrected chi connectivity index (χ3v) is 8.90. The Labute approximate surface area is 255 Å². The molecule has 0 fully saturated rings. The number of benzene rings is 7. The SMILES string of the molecule is c1ccc(-n2c3ccccc3c3cc(-c4cccc(-c5ccc6c7ccccc7n(-c7ccccc7)c6c5)c4)ccc32)cc1. The number of hydrogen-bond acceptors (Lipinski definition) is 0. The van der Waals surface area contributed by atoms with Crippen LogP contribution in [0.2, 0.25) is 0 Å². The molecule has 0 saturated heterocycles. The van der Waals surface area contributed by atoms with Gasteiger partial charge < -0.3 is 9.13 Å². The monoisotopic (exact) mass is 560 g/mol. The Balaban J connectivity index is 1.19. The number of nitrogens with zero attached hydrogens (tertiary/aromatic N) is 2. The lowest BCUT2D eigenvalue weighted by Crippen LogP contribution is -1.93. The van der Waals surface area contributed by atoms with Crippen LogP contribution in [0.4, 0.5) is 0 Å². The number of para-hydroxylation sites is 4. The molecule has 2 nitrogen and oxygen atoms in total. The maximum atomic E-state index is 2.38. The van der Waals surface area contributed by atoms with E-state index in [1.807, 2.05) is 0 Å². The maximum Gasteiger partial charge on any atom is 0.0547 e. The van der Waals surface area contributed by atoms with E-state index in [0.29, 0.717) is 0 Å². The largest absolute Gasteiger partial charge is 0.309 e. The molecule has 0 saturated carbocycles. The predicted octanol–water partition coefficient (Wildman–Crippen LogP) is 11.2. The second-order valence-electron chi connectivity index (χ2n) is 11.4. The highest BCUT2D eigenvalue weighted by atomic mass is 15.0. The molecule has 0 amide bonds. The van der Waals surface area contributed by atoms with Crippen LogP contribution < -0.4 is 0 Å². The Morgan fingerprint density at radius 1 is 0.250 bits per heavy atom. The summed E-state index contributed by atoms with van der Waals surface area (Å²) in [5.41, 5.74) is 12.1. The fourth-order valence-electron chi connectivity index (χ4n) is 6.89. The van der Waals surface area contributed by atoms with Crippen molar-refractivity contribution in [2.45, 2.75) is 0 Å². The molecule has 0 aliphatic carbocycles. The zero-order chi connectivity index (χ0) is 29.0. The summed E-state index contributed by atoms with van der Waals surface area (Å²) in [5.74, 6) is 0. The fourth-order valence-corrected chi connectivity index (χ4v) is 6.89. The summed E-state index contributed by atoms with van der Waals surface area (Å²) in [6.07, 6.45) is 0.